The average molecular weight is 410 g/mol. The number of benzene rings is 1. The first-order chi connectivity index (χ1) is 14.3. The van der Waals surface area contributed by atoms with Crippen LogP contribution in [0.25, 0.3) is 5.69 Å². The number of anilines is 1. The Kier molecular flexibility index (Phi) is 5.05. The van der Waals surface area contributed by atoms with Crippen molar-refractivity contribution in [2.75, 3.05) is 11.1 Å². The second-order valence-corrected chi connectivity index (χ2v) is 8.50. The van der Waals surface area contributed by atoms with Crippen LogP contribution in [-0.2, 0) is 17.6 Å². The van der Waals surface area contributed by atoms with E-state index in [1.807, 2.05) is 39.7 Å². The summed E-state index contributed by atoms with van der Waals surface area (Å²) in [5.74, 6) is 0.995. The number of tetrazole rings is 1. The van der Waals surface area contributed by atoms with Crippen LogP contribution in [0.4, 0.5) is 5.82 Å². The topological polar surface area (TPSA) is 90.5 Å². The minimum atomic E-state index is -0.0669. The van der Waals surface area contributed by atoms with Gasteiger partial charge in [0.2, 0.25) is 11.1 Å². The summed E-state index contributed by atoms with van der Waals surface area (Å²) in [7, 11) is 0. The predicted octanol–water partition coefficient (Wildman–Crippen LogP) is 3.19. The van der Waals surface area contributed by atoms with Crippen LogP contribution in [0.5, 0.6) is 0 Å². The monoisotopic (exact) mass is 409 g/mol. The van der Waals surface area contributed by atoms with Crippen LogP contribution in [0, 0.1) is 0 Å². The van der Waals surface area contributed by atoms with E-state index in [0.29, 0.717) is 11.2 Å². The van der Waals surface area contributed by atoms with E-state index in [9.17, 15) is 4.79 Å². The van der Waals surface area contributed by atoms with Gasteiger partial charge in [-0.05, 0) is 54.7 Å². The molecule has 1 saturated carbocycles. The molecule has 2 aromatic heterocycles. The fraction of sp³-hybridized carbons (Fsp3) is 0.450. The van der Waals surface area contributed by atoms with E-state index >= 15 is 0 Å². The van der Waals surface area contributed by atoms with E-state index in [4.69, 9.17) is 5.10 Å². The van der Waals surface area contributed by atoms with Crippen LogP contribution in [0.15, 0.2) is 35.5 Å². The highest BCUT2D eigenvalue weighted by atomic mass is 32.2. The van der Waals surface area contributed by atoms with Gasteiger partial charge >= 0.3 is 0 Å². The highest BCUT2D eigenvalue weighted by Crippen LogP contribution is 2.33. The highest BCUT2D eigenvalue weighted by Gasteiger charge is 2.25. The van der Waals surface area contributed by atoms with Gasteiger partial charge in [-0.1, -0.05) is 42.8 Å². The number of para-hydroxylation sites is 1. The van der Waals surface area contributed by atoms with Crippen molar-refractivity contribution in [3.8, 4) is 5.69 Å². The minimum Gasteiger partial charge on any atom is -0.310 e. The average Bonchev–Trinajstić information content (AvgIpc) is 3.52. The zero-order valence-corrected chi connectivity index (χ0v) is 16.9. The third-order valence-corrected chi connectivity index (χ3v) is 6.56. The molecule has 3 aromatic rings. The van der Waals surface area contributed by atoms with Gasteiger partial charge in [0.15, 0.2) is 0 Å². The quantitative estimate of drug-likeness (QED) is 0.629. The first-order valence-electron chi connectivity index (χ1n) is 10.2. The van der Waals surface area contributed by atoms with Crippen molar-refractivity contribution in [3.05, 3.63) is 41.6 Å². The Morgan fingerprint density at radius 1 is 1.14 bits per heavy atom. The van der Waals surface area contributed by atoms with Gasteiger partial charge < -0.3 is 5.32 Å². The first kappa shape index (κ1) is 18.4. The number of fused-ring (bicyclic) bond motifs is 1. The van der Waals surface area contributed by atoms with Crippen LogP contribution in [0.3, 0.4) is 0 Å². The lowest BCUT2D eigenvalue weighted by molar-refractivity contribution is -0.113. The van der Waals surface area contributed by atoms with Crippen LogP contribution < -0.4 is 5.32 Å². The molecule has 0 radical (unpaired) electrons. The van der Waals surface area contributed by atoms with E-state index in [1.54, 1.807) is 0 Å². The maximum absolute atomic E-state index is 12.8. The van der Waals surface area contributed by atoms with Crippen molar-refractivity contribution in [2.24, 2.45) is 0 Å². The Hall–Kier alpha value is -2.68. The van der Waals surface area contributed by atoms with Crippen molar-refractivity contribution in [3.63, 3.8) is 0 Å². The number of carbonyl (C=O) groups excluding carboxylic acids is 1. The largest absolute Gasteiger partial charge is 0.310 e. The molecule has 5 rings (SSSR count). The number of amides is 1. The van der Waals surface area contributed by atoms with Gasteiger partial charge in [0.05, 0.1) is 23.2 Å². The lowest BCUT2D eigenvalue weighted by Gasteiger charge is -2.12. The van der Waals surface area contributed by atoms with Crippen molar-refractivity contribution < 1.29 is 4.79 Å². The number of nitrogens with zero attached hydrogens (tertiary/aromatic N) is 6. The maximum atomic E-state index is 12.8. The van der Waals surface area contributed by atoms with Gasteiger partial charge in [-0.2, -0.15) is 5.10 Å². The zero-order chi connectivity index (χ0) is 19.6. The normalized spacial score (nSPS) is 16.3. The Morgan fingerprint density at radius 2 is 1.97 bits per heavy atom. The van der Waals surface area contributed by atoms with Crippen LogP contribution >= 0.6 is 11.8 Å². The molecule has 0 atom stereocenters. The molecule has 0 spiro atoms. The summed E-state index contributed by atoms with van der Waals surface area (Å²) < 4.78 is 3.74. The zero-order valence-electron chi connectivity index (χ0n) is 16.1. The molecule has 1 amide bonds. The van der Waals surface area contributed by atoms with Gasteiger partial charge in [-0.15, -0.1) is 5.10 Å². The predicted molar refractivity (Wildman–Crippen MR) is 110 cm³/mol. The molecule has 9 heteroatoms. The summed E-state index contributed by atoms with van der Waals surface area (Å²) in [6.07, 6.45) is 7.63. The standard InChI is InChI=1S/C20H23N7OS/c28-18(13-29-20-22-24-25-27(20)15-9-4-5-10-15)21-19-16-11-6-12-17(16)23-26(19)14-7-2-1-3-8-14/h1-3,7-8,15H,4-6,9-13H2,(H,21,28). The molecular weight excluding hydrogens is 386 g/mol. The van der Waals surface area contributed by atoms with Crippen molar-refractivity contribution in [1.29, 1.82) is 0 Å². The summed E-state index contributed by atoms with van der Waals surface area (Å²) in [6, 6.07) is 10.3. The molecule has 0 saturated heterocycles. The molecule has 2 heterocycles. The first-order valence-corrected chi connectivity index (χ1v) is 11.1. The number of carbonyl (C=O) groups is 1. The Labute approximate surface area is 173 Å². The molecule has 1 aromatic carbocycles. The third-order valence-electron chi connectivity index (χ3n) is 5.63. The Bertz CT molecular complexity index is 1010. The molecule has 0 bridgehead atoms. The van der Waals surface area contributed by atoms with Gasteiger partial charge in [0, 0.05) is 5.56 Å². The van der Waals surface area contributed by atoms with Crippen LogP contribution in [0.1, 0.15) is 49.4 Å². The highest BCUT2D eigenvalue weighted by molar-refractivity contribution is 7.99. The molecule has 8 nitrogen and oxygen atoms in total. The Morgan fingerprint density at radius 3 is 2.79 bits per heavy atom. The number of aromatic nitrogens is 6. The van der Waals surface area contributed by atoms with Crippen molar-refractivity contribution in [1.82, 2.24) is 30.0 Å². The van der Waals surface area contributed by atoms with E-state index in [2.05, 4.69) is 20.8 Å². The number of thioether (sulfide) groups is 1. The molecule has 2 aliphatic carbocycles. The lowest BCUT2D eigenvalue weighted by atomic mass is 10.2. The third kappa shape index (κ3) is 3.66. The molecular formula is C20H23N7OS. The van der Waals surface area contributed by atoms with E-state index in [0.717, 1.165) is 54.9 Å². The SMILES string of the molecule is O=C(CSc1nnnn1C1CCCC1)Nc1c2c(nn1-c1ccccc1)CCC2. The summed E-state index contributed by atoms with van der Waals surface area (Å²) in [5, 5.41) is 20.6. The summed E-state index contributed by atoms with van der Waals surface area (Å²) in [4.78, 5) is 12.8. The lowest BCUT2D eigenvalue weighted by Crippen LogP contribution is -2.18. The number of hydrogen-bond acceptors (Lipinski definition) is 6. The van der Waals surface area contributed by atoms with Gasteiger partial charge in [0.1, 0.15) is 5.82 Å². The molecule has 150 valence electrons. The summed E-state index contributed by atoms with van der Waals surface area (Å²) >= 11 is 1.39. The number of hydrogen-bond donors (Lipinski definition) is 1. The molecule has 0 aliphatic heterocycles. The molecule has 1 fully saturated rings. The Balaban J connectivity index is 1.31. The van der Waals surface area contributed by atoms with Gasteiger partial charge in [0.25, 0.3) is 0 Å². The number of aryl methyl sites for hydroxylation is 1. The molecule has 2 aliphatic rings. The second kappa shape index (κ2) is 7.98. The minimum absolute atomic E-state index is 0.0669. The molecule has 0 unspecified atom stereocenters. The second-order valence-electron chi connectivity index (χ2n) is 7.56. The summed E-state index contributed by atoms with van der Waals surface area (Å²) in [6.45, 7) is 0. The summed E-state index contributed by atoms with van der Waals surface area (Å²) in [5.41, 5.74) is 3.19. The fourth-order valence-electron chi connectivity index (χ4n) is 4.23. The van der Waals surface area contributed by atoms with E-state index < -0.39 is 0 Å². The van der Waals surface area contributed by atoms with Gasteiger partial charge in [-0.3, -0.25) is 4.79 Å². The van der Waals surface area contributed by atoms with Crippen molar-refractivity contribution >= 4 is 23.5 Å². The fourth-order valence-corrected chi connectivity index (χ4v) is 4.98. The maximum Gasteiger partial charge on any atom is 0.236 e. The number of nitrogens with one attached hydrogen (secondary N) is 1. The van der Waals surface area contributed by atoms with E-state index in [-0.39, 0.29) is 11.7 Å². The molecule has 1 N–H and O–H groups in total. The van der Waals surface area contributed by atoms with Crippen molar-refractivity contribution in [2.45, 2.75) is 56.1 Å². The molecule has 29 heavy (non-hydrogen) atoms. The van der Waals surface area contributed by atoms with Gasteiger partial charge in [-0.25, -0.2) is 9.36 Å². The number of rotatable bonds is 6. The van der Waals surface area contributed by atoms with E-state index in [1.165, 1.54) is 24.6 Å². The van der Waals surface area contributed by atoms with Crippen LogP contribution in [-0.4, -0.2) is 41.6 Å². The smallest absolute Gasteiger partial charge is 0.236 e. The van der Waals surface area contributed by atoms with Crippen LogP contribution in [0.2, 0.25) is 0 Å².